The lowest BCUT2D eigenvalue weighted by atomic mass is 9.97. The molecule has 4 heterocycles. The Bertz CT molecular complexity index is 2710. The van der Waals surface area contributed by atoms with Crippen LogP contribution in [0.15, 0.2) is 103 Å². The van der Waals surface area contributed by atoms with Gasteiger partial charge in [-0.25, -0.2) is 9.97 Å². The van der Waals surface area contributed by atoms with Crippen LogP contribution in [0.25, 0.3) is 65.9 Å². The predicted octanol–water partition coefficient (Wildman–Crippen LogP) is 10.6. The largest absolute Gasteiger partial charge is 0.457 e. The maximum Gasteiger partial charge on any atom is 0.145 e. The summed E-state index contributed by atoms with van der Waals surface area (Å²) in [5, 5.41) is 6.83. The highest BCUT2D eigenvalue weighted by Crippen LogP contribution is 2.39. The number of fused-ring (bicyclic) bond motifs is 12. The van der Waals surface area contributed by atoms with Crippen molar-refractivity contribution in [3.8, 4) is 22.8 Å². The summed E-state index contributed by atoms with van der Waals surface area (Å²) in [5.41, 5.74) is 12.5. The minimum absolute atomic E-state index is 0.767. The molecule has 0 fully saturated rings. The lowest BCUT2D eigenvalue weighted by Gasteiger charge is -2.15. The zero-order chi connectivity index (χ0) is 31.3. The van der Waals surface area contributed by atoms with Gasteiger partial charge in [0.15, 0.2) is 0 Å². The van der Waals surface area contributed by atoms with E-state index in [1.54, 1.807) is 0 Å². The molecule has 0 radical (unpaired) electrons. The van der Waals surface area contributed by atoms with Gasteiger partial charge in [-0.15, -0.1) is 0 Å². The van der Waals surface area contributed by atoms with Crippen LogP contribution in [0.2, 0.25) is 0 Å². The van der Waals surface area contributed by atoms with Crippen LogP contribution in [-0.4, -0.2) is 18.8 Å². The Morgan fingerprint density at radius 1 is 0.543 bits per heavy atom. The summed E-state index contributed by atoms with van der Waals surface area (Å²) < 4.78 is 11.2. The lowest BCUT2D eigenvalue weighted by Crippen LogP contribution is -1.97. The van der Waals surface area contributed by atoms with E-state index in [-0.39, 0.29) is 0 Å². The molecular weight excluding hydrogens is 564 g/mol. The molecule has 0 unspecified atom stereocenters. The van der Waals surface area contributed by atoms with Gasteiger partial charge in [0.2, 0.25) is 0 Å². The van der Waals surface area contributed by atoms with Crippen LogP contribution >= 0.6 is 0 Å². The quantitative estimate of drug-likeness (QED) is 0.191. The van der Waals surface area contributed by atoms with E-state index in [9.17, 15) is 0 Å². The second-order valence-corrected chi connectivity index (χ2v) is 12.6. The van der Waals surface area contributed by atoms with Gasteiger partial charge in [-0.1, -0.05) is 54.1 Å². The maximum absolute atomic E-state index is 6.62. The molecule has 0 N–H and O–H groups in total. The Labute approximate surface area is 266 Å². The number of rotatable bonds is 3. The minimum atomic E-state index is 0.767. The molecule has 9 aromatic rings. The molecule has 0 saturated carbocycles. The van der Waals surface area contributed by atoms with E-state index in [4.69, 9.17) is 14.7 Å². The van der Waals surface area contributed by atoms with E-state index >= 15 is 0 Å². The first-order valence-corrected chi connectivity index (χ1v) is 15.8. The van der Waals surface area contributed by atoms with E-state index in [0.29, 0.717) is 0 Å². The van der Waals surface area contributed by atoms with Crippen LogP contribution in [-0.2, 0) is 0 Å². The summed E-state index contributed by atoms with van der Waals surface area (Å²) in [7, 11) is 0. The Morgan fingerprint density at radius 3 is 1.74 bits per heavy atom. The molecule has 5 nitrogen and oxygen atoms in total. The van der Waals surface area contributed by atoms with E-state index in [0.717, 1.165) is 67.1 Å². The topological polar surface area (TPSA) is 43.8 Å². The lowest BCUT2D eigenvalue weighted by molar-refractivity contribution is 0.484. The van der Waals surface area contributed by atoms with Crippen LogP contribution in [0.1, 0.15) is 28.1 Å². The highest BCUT2D eigenvalue weighted by Gasteiger charge is 2.19. The number of hydrogen-bond donors (Lipinski definition) is 0. The molecule has 0 bridgehead atoms. The van der Waals surface area contributed by atoms with Crippen molar-refractivity contribution in [2.75, 3.05) is 0 Å². The molecule has 0 aliphatic rings. The zero-order valence-corrected chi connectivity index (χ0v) is 26.5. The maximum atomic E-state index is 6.62. The Kier molecular flexibility index (Phi) is 5.61. The van der Waals surface area contributed by atoms with Crippen molar-refractivity contribution in [2.45, 2.75) is 34.6 Å². The van der Waals surface area contributed by atoms with Gasteiger partial charge in [0, 0.05) is 32.8 Å². The summed E-state index contributed by atoms with van der Waals surface area (Å²) in [6.45, 7) is 10.7. The fourth-order valence-electron chi connectivity index (χ4n) is 7.57. The summed E-state index contributed by atoms with van der Waals surface area (Å²) >= 11 is 0. The van der Waals surface area contributed by atoms with Gasteiger partial charge in [-0.05, 0) is 105 Å². The van der Waals surface area contributed by atoms with Gasteiger partial charge < -0.3 is 4.74 Å². The standard InChI is InChI=1S/C41H32N4O/c1-23-18-24(2)39(25(3)19-23)38-22-42-40-34-20-28(14-16-30(34)33-11-7-9-13-37(33)45(38)40)46-29-15-17-31-32-10-6-8-12-36(32)44-27(5)26(4)43-41(44)35(31)21-29/h6-22H,1-5H3. The summed E-state index contributed by atoms with van der Waals surface area (Å²) in [6, 6.07) is 34.3. The third-order valence-electron chi connectivity index (χ3n) is 9.61. The molecule has 46 heavy (non-hydrogen) atoms. The van der Waals surface area contributed by atoms with Crippen molar-refractivity contribution < 1.29 is 4.74 Å². The molecule has 0 atom stereocenters. The molecule has 0 aliphatic heterocycles. The molecule has 5 aromatic carbocycles. The zero-order valence-electron chi connectivity index (χ0n) is 26.5. The number of imidazole rings is 2. The van der Waals surface area contributed by atoms with E-state index in [2.05, 4.69) is 140 Å². The van der Waals surface area contributed by atoms with Crippen molar-refractivity contribution in [3.05, 3.63) is 131 Å². The normalized spacial score (nSPS) is 12.0. The Morgan fingerprint density at radius 2 is 1.11 bits per heavy atom. The predicted molar refractivity (Wildman–Crippen MR) is 190 cm³/mol. The average Bonchev–Trinajstić information content (AvgIpc) is 3.62. The fraction of sp³-hybridized carbons (Fsp3) is 0.122. The number of aryl methyl sites for hydroxylation is 5. The summed E-state index contributed by atoms with van der Waals surface area (Å²) in [4.78, 5) is 10.0. The number of nitrogens with zero attached hydrogens (tertiary/aromatic N) is 4. The first-order valence-electron chi connectivity index (χ1n) is 15.8. The highest BCUT2D eigenvalue weighted by atomic mass is 16.5. The van der Waals surface area contributed by atoms with Gasteiger partial charge in [0.25, 0.3) is 0 Å². The number of hydrogen-bond acceptors (Lipinski definition) is 3. The van der Waals surface area contributed by atoms with Gasteiger partial charge in [-0.2, -0.15) is 0 Å². The average molecular weight is 597 g/mol. The van der Waals surface area contributed by atoms with Crippen molar-refractivity contribution >= 4 is 54.6 Å². The molecule has 4 aromatic heterocycles. The second kappa shape index (κ2) is 9.66. The van der Waals surface area contributed by atoms with Gasteiger partial charge in [0.1, 0.15) is 22.8 Å². The summed E-state index contributed by atoms with van der Waals surface area (Å²) in [5.74, 6) is 1.54. The van der Waals surface area contributed by atoms with Crippen LogP contribution in [0.3, 0.4) is 0 Å². The van der Waals surface area contributed by atoms with Crippen molar-refractivity contribution in [3.63, 3.8) is 0 Å². The molecule has 0 saturated heterocycles. The monoisotopic (exact) mass is 596 g/mol. The van der Waals surface area contributed by atoms with Crippen molar-refractivity contribution in [1.82, 2.24) is 18.8 Å². The molecular formula is C41H32N4O. The van der Waals surface area contributed by atoms with Crippen LogP contribution in [0, 0.1) is 34.6 Å². The SMILES string of the molecule is Cc1cc(C)c(-c2cnc3c4cc(Oc5ccc6c7ccccc7n7c(C)c(C)nc7c6c5)ccc4c4ccccc4n23)c(C)c1. The first-order chi connectivity index (χ1) is 22.4. The molecule has 0 aliphatic carbocycles. The molecule has 5 heteroatoms. The van der Waals surface area contributed by atoms with Gasteiger partial charge in [-0.3, -0.25) is 8.80 Å². The highest BCUT2D eigenvalue weighted by molar-refractivity contribution is 6.13. The Balaban J connectivity index is 1.24. The molecule has 0 amide bonds. The van der Waals surface area contributed by atoms with Crippen LogP contribution in [0.4, 0.5) is 0 Å². The van der Waals surface area contributed by atoms with Gasteiger partial charge in [0.05, 0.1) is 28.6 Å². The molecule has 222 valence electrons. The van der Waals surface area contributed by atoms with Gasteiger partial charge >= 0.3 is 0 Å². The second-order valence-electron chi connectivity index (χ2n) is 12.6. The minimum Gasteiger partial charge on any atom is -0.457 e. The Hall–Kier alpha value is -5.68. The smallest absolute Gasteiger partial charge is 0.145 e. The molecule has 0 spiro atoms. The van der Waals surface area contributed by atoms with Crippen molar-refractivity contribution in [2.24, 2.45) is 0 Å². The molecule has 9 rings (SSSR count). The summed E-state index contributed by atoms with van der Waals surface area (Å²) in [6.07, 6.45) is 2.02. The number of pyridine rings is 2. The fourth-order valence-corrected chi connectivity index (χ4v) is 7.57. The third kappa shape index (κ3) is 3.75. The van der Waals surface area contributed by atoms with Crippen molar-refractivity contribution in [1.29, 1.82) is 0 Å². The van der Waals surface area contributed by atoms with E-state index in [1.165, 1.54) is 38.4 Å². The van der Waals surface area contributed by atoms with Crippen LogP contribution < -0.4 is 4.74 Å². The number of benzene rings is 5. The number of aromatic nitrogens is 4. The number of para-hydroxylation sites is 2. The van der Waals surface area contributed by atoms with E-state index in [1.807, 2.05) is 6.20 Å². The van der Waals surface area contributed by atoms with E-state index < -0.39 is 0 Å². The number of ether oxygens (including phenoxy) is 1. The third-order valence-corrected chi connectivity index (χ3v) is 9.61. The van der Waals surface area contributed by atoms with Crippen LogP contribution in [0.5, 0.6) is 11.5 Å². The first kappa shape index (κ1) is 26.7.